The van der Waals surface area contributed by atoms with Crippen LogP contribution in [0.1, 0.15) is 290 Å². The Morgan fingerprint density at radius 1 is 0.508 bits per heavy atom. The molecule has 0 saturated heterocycles. The van der Waals surface area contributed by atoms with Crippen LogP contribution in [0.2, 0.25) is 0 Å². The van der Waals surface area contributed by atoms with E-state index in [2.05, 4.69) is 31.3 Å². The Kier molecular flexibility index (Phi) is 47.7. The summed E-state index contributed by atoms with van der Waals surface area (Å²) in [5, 5.41) is 14.1. The number of unbranched alkanes of at least 4 members (excludes halogenated alkanes) is 38. The van der Waals surface area contributed by atoms with E-state index in [1.54, 1.807) is 0 Å². The Balaban J connectivity index is 4.10. The van der Waals surface area contributed by atoms with Crippen molar-refractivity contribution in [3.8, 4) is 0 Å². The highest BCUT2D eigenvalue weighted by molar-refractivity contribution is 7.47. The van der Waals surface area contributed by atoms with Gasteiger partial charge in [0.25, 0.3) is 0 Å². The van der Waals surface area contributed by atoms with Gasteiger partial charge in [-0.1, -0.05) is 257 Å². The Morgan fingerprint density at radius 2 is 0.831 bits per heavy atom. The summed E-state index contributed by atoms with van der Waals surface area (Å²) in [5.41, 5.74) is 0. The molecule has 8 nitrogen and oxygen atoms in total. The lowest BCUT2D eigenvalue weighted by molar-refractivity contribution is -0.870. The molecule has 65 heavy (non-hydrogen) atoms. The fraction of sp³-hybridized carbons (Fsp3) is 0.946. The predicted molar refractivity (Wildman–Crippen MR) is 282 cm³/mol. The van der Waals surface area contributed by atoms with E-state index in [1.807, 2.05) is 21.1 Å². The molecule has 0 rings (SSSR count). The molecule has 0 aromatic rings. The summed E-state index contributed by atoms with van der Waals surface area (Å²) in [4.78, 5) is 23.3. The highest BCUT2D eigenvalue weighted by Gasteiger charge is 2.28. The number of nitrogens with zero attached hydrogens (tertiary/aromatic N) is 1. The molecule has 0 saturated carbocycles. The van der Waals surface area contributed by atoms with Crippen LogP contribution < -0.4 is 5.32 Å². The van der Waals surface area contributed by atoms with E-state index in [4.69, 9.17) is 9.05 Å². The quantitative estimate of drug-likeness (QED) is 0.0243. The molecule has 0 heterocycles. The lowest BCUT2D eigenvalue weighted by Gasteiger charge is -2.26. The van der Waals surface area contributed by atoms with Gasteiger partial charge in [-0.25, -0.2) is 4.57 Å². The van der Waals surface area contributed by atoms with Gasteiger partial charge in [0.2, 0.25) is 5.91 Å². The number of hydrogen-bond donors (Lipinski definition) is 3. The molecule has 3 N–H and O–H groups in total. The summed E-state index contributed by atoms with van der Waals surface area (Å²) in [7, 11) is 1.63. The van der Waals surface area contributed by atoms with Crippen molar-refractivity contribution in [3.63, 3.8) is 0 Å². The summed E-state index contributed by atoms with van der Waals surface area (Å²) in [5.74, 6) is -0.140. The number of nitrogens with one attached hydrogen (secondary N) is 1. The Hall–Kier alpha value is -0.760. The second-order valence-electron chi connectivity index (χ2n) is 21.0. The van der Waals surface area contributed by atoms with Crippen LogP contribution in [-0.2, 0) is 18.4 Å². The van der Waals surface area contributed by atoms with Crippen LogP contribution in [0.25, 0.3) is 0 Å². The van der Waals surface area contributed by atoms with Crippen LogP contribution in [0, 0.1) is 0 Å². The molecule has 0 aromatic heterocycles. The lowest BCUT2D eigenvalue weighted by atomic mass is 10.0. The maximum Gasteiger partial charge on any atom is 0.472 e. The van der Waals surface area contributed by atoms with Crippen molar-refractivity contribution >= 4 is 13.7 Å². The first-order valence-corrected chi connectivity index (χ1v) is 30.0. The Labute approximate surface area is 405 Å². The molecule has 0 aliphatic heterocycles. The first-order chi connectivity index (χ1) is 31.5. The van der Waals surface area contributed by atoms with Gasteiger partial charge in [0.15, 0.2) is 0 Å². The van der Waals surface area contributed by atoms with Gasteiger partial charge in [0.05, 0.1) is 39.9 Å². The molecule has 0 spiro atoms. The van der Waals surface area contributed by atoms with E-state index >= 15 is 0 Å². The Morgan fingerprint density at radius 3 is 1.18 bits per heavy atom. The van der Waals surface area contributed by atoms with Gasteiger partial charge >= 0.3 is 7.82 Å². The SMILES string of the molecule is CCCCCCCCCCCCCC/C=C\CCCCCCCCCCCCCC(=O)NC(COP(=O)(O)OCC[N+](C)(C)C)C(O)CCCCCCCCCCCCCCCCCC. The fourth-order valence-corrected chi connectivity index (χ4v) is 9.49. The van der Waals surface area contributed by atoms with Gasteiger partial charge in [-0.15, -0.1) is 0 Å². The van der Waals surface area contributed by atoms with E-state index in [0.717, 1.165) is 38.5 Å². The zero-order valence-electron chi connectivity index (χ0n) is 44.3. The van der Waals surface area contributed by atoms with Crippen LogP contribution in [0.3, 0.4) is 0 Å². The van der Waals surface area contributed by atoms with Crippen LogP contribution in [0.5, 0.6) is 0 Å². The van der Waals surface area contributed by atoms with Crippen molar-refractivity contribution in [1.29, 1.82) is 0 Å². The fourth-order valence-electron chi connectivity index (χ4n) is 8.75. The average molecular weight is 943 g/mol. The number of quaternary nitrogens is 1. The zero-order valence-corrected chi connectivity index (χ0v) is 45.2. The third-order valence-electron chi connectivity index (χ3n) is 13.3. The van der Waals surface area contributed by atoms with Gasteiger partial charge in [-0.05, 0) is 38.5 Å². The summed E-state index contributed by atoms with van der Waals surface area (Å²) < 4.78 is 23.8. The van der Waals surface area contributed by atoms with Crippen molar-refractivity contribution in [3.05, 3.63) is 12.2 Å². The van der Waals surface area contributed by atoms with Gasteiger partial charge < -0.3 is 19.8 Å². The topological polar surface area (TPSA) is 105 Å². The molecule has 3 atom stereocenters. The number of aliphatic hydroxyl groups excluding tert-OH is 1. The van der Waals surface area contributed by atoms with Crippen molar-refractivity contribution in [2.75, 3.05) is 40.9 Å². The highest BCUT2D eigenvalue weighted by atomic mass is 31.2. The maximum atomic E-state index is 13.0. The first-order valence-electron chi connectivity index (χ1n) is 28.6. The minimum absolute atomic E-state index is 0.0771. The molecule has 0 bridgehead atoms. The third-order valence-corrected chi connectivity index (χ3v) is 14.2. The van der Waals surface area contributed by atoms with E-state index in [-0.39, 0.29) is 19.1 Å². The van der Waals surface area contributed by atoms with Crippen molar-refractivity contribution in [1.82, 2.24) is 5.32 Å². The molecule has 388 valence electrons. The normalized spacial score (nSPS) is 14.0. The summed E-state index contributed by atoms with van der Waals surface area (Å²) in [6.45, 7) is 4.93. The molecule has 1 amide bonds. The smallest absolute Gasteiger partial charge is 0.391 e. The molecule has 0 aromatic carbocycles. The molecule has 0 aliphatic rings. The van der Waals surface area contributed by atoms with Crippen molar-refractivity contribution < 1.29 is 32.9 Å². The minimum atomic E-state index is -4.32. The predicted octanol–water partition coefficient (Wildman–Crippen LogP) is 17.0. The second-order valence-corrected chi connectivity index (χ2v) is 22.5. The molecular weight excluding hydrogens is 828 g/mol. The Bertz CT molecular complexity index is 1070. The molecular formula is C56H114N2O6P+. The largest absolute Gasteiger partial charge is 0.472 e. The number of phosphoric acid groups is 1. The maximum absolute atomic E-state index is 13.0. The average Bonchev–Trinajstić information content (AvgIpc) is 3.26. The third kappa shape index (κ3) is 50.9. The molecule has 9 heteroatoms. The molecule has 3 unspecified atom stereocenters. The summed E-state index contributed by atoms with van der Waals surface area (Å²) >= 11 is 0. The molecule has 0 aliphatic carbocycles. The number of aliphatic hydroxyl groups is 1. The van der Waals surface area contributed by atoms with Gasteiger partial charge in [-0.2, -0.15) is 0 Å². The van der Waals surface area contributed by atoms with Crippen LogP contribution in [0.4, 0.5) is 0 Å². The summed E-state index contributed by atoms with van der Waals surface area (Å²) in [6.07, 6.45) is 58.4. The number of amides is 1. The molecule has 0 radical (unpaired) electrons. The number of rotatable bonds is 53. The standard InChI is InChI=1S/C56H113N2O6P/c1-6-8-10-12-14-16-18-20-22-24-25-26-27-28-29-30-31-32-33-34-36-38-40-42-44-46-48-50-56(60)57-54(53-64-65(61,62)63-52-51-58(3,4)5)55(59)49-47-45-43-41-39-37-35-23-21-19-17-15-13-11-9-7-2/h28-29,54-55,59H,6-27,30-53H2,1-5H3,(H-,57,60,61,62)/p+1/b29-28-. The van der Waals surface area contributed by atoms with Crippen molar-refractivity contribution in [2.24, 2.45) is 0 Å². The van der Waals surface area contributed by atoms with Gasteiger partial charge in [-0.3, -0.25) is 13.8 Å². The minimum Gasteiger partial charge on any atom is -0.391 e. The number of carbonyl (C=O) groups excluding carboxylic acids is 1. The van der Waals surface area contributed by atoms with E-state index in [9.17, 15) is 19.4 Å². The van der Waals surface area contributed by atoms with E-state index < -0.39 is 20.0 Å². The number of allylic oxidation sites excluding steroid dienone is 2. The monoisotopic (exact) mass is 942 g/mol. The number of phosphoric ester groups is 1. The van der Waals surface area contributed by atoms with Crippen LogP contribution in [0.15, 0.2) is 12.2 Å². The second kappa shape index (κ2) is 48.3. The van der Waals surface area contributed by atoms with Crippen LogP contribution >= 0.6 is 7.82 Å². The van der Waals surface area contributed by atoms with Gasteiger partial charge in [0, 0.05) is 6.42 Å². The first kappa shape index (κ1) is 64.2. The summed E-state index contributed by atoms with van der Waals surface area (Å²) in [6, 6.07) is -0.758. The van der Waals surface area contributed by atoms with Gasteiger partial charge in [0.1, 0.15) is 13.2 Å². The van der Waals surface area contributed by atoms with Crippen molar-refractivity contribution in [2.45, 2.75) is 302 Å². The molecule has 0 fully saturated rings. The zero-order chi connectivity index (χ0) is 47.8. The van der Waals surface area contributed by atoms with E-state index in [1.165, 1.54) is 225 Å². The van der Waals surface area contributed by atoms with E-state index in [0.29, 0.717) is 23.9 Å². The number of hydrogen-bond acceptors (Lipinski definition) is 5. The van der Waals surface area contributed by atoms with Crippen LogP contribution in [-0.4, -0.2) is 73.4 Å². The highest BCUT2D eigenvalue weighted by Crippen LogP contribution is 2.43. The number of carbonyl (C=O) groups is 1. The lowest BCUT2D eigenvalue weighted by Crippen LogP contribution is -2.46. The number of likely N-dealkylation sites (N-methyl/N-ethyl adjacent to an activating group) is 1.